The fourth-order valence-corrected chi connectivity index (χ4v) is 3.57. The molecule has 0 aromatic heterocycles. The zero-order valence-electron chi connectivity index (χ0n) is 16.9. The minimum absolute atomic E-state index is 0.0791. The first-order valence-corrected chi connectivity index (χ1v) is 9.36. The summed E-state index contributed by atoms with van der Waals surface area (Å²) >= 11 is 0. The quantitative estimate of drug-likeness (QED) is 0.594. The first kappa shape index (κ1) is 22.1. The Morgan fingerprint density at radius 1 is 1.10 bits per heavy atom. The van der Waals surface area contributed by atoms with Crippen LogP contribution in [0.1, 0.15) is 44.2 Å². The van der Waals surface area contributed by atoms with Crippen LogP contribution in [-0.2, 0) is 16.1 Å². The Morgan fingerprint density at radius 3 is 2.31 bits per heavy atom. The van der Waals surface area contributed by atoms with Crippen molar-refractivity contribution in [3.05, 3.63) is 59.7 Å². The lowest BCUT2D eigenvalue weighted by molar-refractivity contribution is -0.120. The summed E-state index contributed by atoms with van der Waals surface area (Å²) in [7, 11) is 0. The second-order valence-corrected chi connectivity index (χ2v) is 7.74. The van der Waals surface area contributed by atoms with Crippen LogP contribution in [0, 0.1) is 5.92 Å². The Balaban J connectivity index is 2.15. The maximum atomic E-state index is 12.1. The predicted molar refractivity (Wildman–Crippen MR) is 109 cm³/mol. The average molecular weight is 400 g/mol. The molecule has 0 aliphatic heterocycles. The Morgan fingerprint density at radius 2 is 1.76 bits per heavy atom. The number of nitrogens with two attached hydrogens (primary N) is 2. The summed E-state index contributed by atoms with van der Waals surface area (Å²) in [4.78, 5) is 23.2. The third kappa shape index (κ3) is 6.41. The van der Waals surface area contributed by atoms with Crippen LogP contribution in [0.4, 0.5) is 4.79 Å². The summed E-state index contributed by atoms with van der Waals surface area (Å²) in [6.45, 7) is 5.56. The lowest BCUT2D eigenvalue weighted by Gasteiger charge is -2.30. The van der Waals surface area contributed by atoms with Gasteiger partial charge < -0.3 is 26.0 Å². The molecule has 1 unspecified atom stereocenters. The van der Waals surface area contributed by atoms with E-state index in [2.05, 4.69) is 0 Å². The number of rotatable bonds is 9. The van der Waals surface area contributed by atoms with Crippen molar-refractivity contribution in [2.24, 2.45) is 17.4 Å². The largest absolute Gasteiger partial charge is 0.504 e. The number of benzene rings is 2. The van der Waals surface area contributed by atoms with Gasteiger partial charge in [-0.15, -0.1) is 0 Å². The van der Waals surface area contributed by atoms with E-state index in [0.717, 1.165) is 5.56 Å². The second kappa shape index (κ2) is 9.32. The smallest absolute Gasteiger partial charge is 0.405 e. The molecule has 2 rings (SSSR count). The van der Waals surface area contributed by atoms with E-state index in [4.69, 9.17) is 20.9 Å². The zero-order chi connectivity index (χ0) is 21.6. The van der Waals surface area contributed by atoms with Crippen LogP contribution in [0.3, 0.4) is 0 Å². The van der Waals surface area contributed by atoms with Gasteiger partial charge in [0.25, 0.3) is 0 Å². The van der Waals surface area contributed by atoms with Crippen molar-refractivity contribution in [3.8, 4) is 11.5 Å². The zero-order valence-corrected chi connectivity index (χ0v) is 16.9. The topological polar surface area (TPSA) is 125 Å². The van der Waals surface area contributed by atoms with E-state index in [1.165, 1.54) is 6.07 Å². The molecule has 0 radical (unpaired) electrons. The van der Waals surface area contributed by atoms with E-state index in [9.17, 15) is 14.7 Å². The molecule has 0 saturated heterocycles. The fraction of sp³-hybridized carbons (Fsp3) is 0.364. The molecular weight excluding hydrogens is 372 g/mol. The van der Waals surface area contributed by atoms with Crippen molar-refractivity contribution in [2.75, 3.05) is 0 Å². The van der Waals surface area contributed by atoms with Gasteiger partial charge in [0.05, 0.1) is 5.92 Å². The monoisotopic (exact) mass is 400 g/mol. The Hall–Kier alpha value is -3.22. The van der Waals surface area contributed by atoms with Crippen LogP contribution in [0.15, 0.2) is 48.5 Å². The second-order valence-electron chi connectivity index (χ2n) is 7.74. The Kier molecular flexibility index (Phi) is 7.09. The number of aromatic hydroxyl groups is 1. The highest BCUT2D eigenvalue weighted by molar-refractivity contribution is 5.82. The third-order valence-electron chi connectivity index (χ3n) is 4.65. The van der Waals surface area contributed by atoms with Crippen LogP contribution in [-0.4, -0.2) is 22.7 Å². The van der Waals surface area contributed by atoms with E-state index in [1.54, 1.807) is 26.0 Å². The lowest BCUT2D eigenvalue weighted by atomic mass is 9.80. The van der Waals surface area contributed by atoms with Crippen molar-refractivity contribution in [1.82, 2.24) is 0 Å². The number of primary amides is 2. The van der Waals surface area contributed by atoms with Gasteiger partial charge in [-0.1, -0.05) is 43.3 Å². The van der Waals surface area contributed by atoms with Crippen LogP contribution >= 0.6 is 0 Å². The molecule has 0 aliphatic carbocycles. The summed E-state index contributed by atoms with van der Waals surface area (Å²) in [5, 5.41) is 10.4. The SMILES string of the molecule is CC(CC(C)(C)OC(N)=O)[C@H](C(N)=O)c1ccc(OCc2ccccc2)c(O)c1. The van der Waals surface area contributed by atoms with Crippen LogP contribution < -0.4 is 16.2 Å². The molecule has 0 bridgehead atoms. The lowest BCUT2D eigenvalue weighted by Crippen LogP contribution is -2.36. The van der Waals surface area contributed by atoms with E-state index in [-0.39, 0.29) is 11.7 Å². The summed E-state index contributed by atoms with van der Waals surface area (Å²) in [6.07, 6.45) is -0.522. The van der Waals surface area contributed by atoms with Gasteiger partial charge in [0.2, 0.25) is 5.91 Å². The van der Waals surface area contributed by atoms with Gasteiger partial charge in [0, 0.05) is 0 Å². The van der Waals surface area contributed by atoms with E-state index < -0.39 is 23.5 Å². The molecule has 2 aromatic carbocycles. The number of carbonyl (C=O) groups is 2. The summed E-state index contributed by atoms with van der Waals surface area (Å²) in [5.74, 6) is -1.25. The molecule has 5 N–H and O–H groups in total. The molecule has 2 amide bonds. The fourth-order valence-electron chi connectivity index (χ4n) is 3.57. The maximum absolute atomic E-state index is 12.1. The van der Waals surface area contributed by atoms with Gasteiger partial charge >= 0.3 is 6.09 Å². The molecule has 0 aliphatic rings. The number of hydrogen-bond acceptors (Lipinski definition) is 5. The van der Waals surface area contributed by atoms with Crippen molar-refractivity contribution in [3.63, 3.8) is 0 Å². The van der Waals surface area contributed by atoms with Crippen molar-refractivity contribution in [1.29, 1.82) is 0 Å². The molecule has 7 heteroatoms. The maximum Gasteiger partial charge on any atom is 0.405 e. The van der Waals surface area contributed by atoms with Gasteiger partial charge in [0.15, 0.2) is 11.5 Å². The number of phenolic OH excluding ortho intramolecular Hbond substituents is 1. The molecule has 7 nitrogen and oxygen atoms in total. The highest BCUT2D eigenvalue weighted by Crippen LogP contribution is 2.36. The van der Waals surface area contributed by atoms with Gasteiger partial charge in [-0.2, -0.15) is 0 Å². The van der Waals surface area contributed by atoms with Gasteiger partial charge in [-0.25, -0.2) is 4.79 Å². The highest BCUT2D eigenvalue weighted by atomic mass is 16.6. The van der Waals surface area contributed by atoms with Crippen LogP contribution in [0.25, 0.3) is 0 Å². The third-order valence-corrected chi connectivity index (χ3v) is 4.65. The van der Waals surface area contributed by atoms with Crippen molar-refractivity contribution < 1.29 is 24.2 Å². The molecular formula is C22H28N2O5. The minimum Gasteiger partial charge on any atom is -0.504 e. The molecule has 2 aromatic rings. The number of hydrogen-bond donors (Lipinski definition) is 3. The summed E-state index contributed by atoms with van der Waals surface area (Å²) in [5.41, 5.74) is 11.4. The van der Waals surface area contributed by atoms with Gasteiger partial charge in [0.1, 0.15) is 12.2 Å². The van der Waals surface area contributed by atoms with Crippen LogP contribution in [0.5, 0.6) is 11.5 Å². The molecule has 0 saturated carbocycles. The number of carbonyl (C=O) groups excluding carboxylic acids is 2. The highest BCUT2D eigenvalue weighted by Gasteiger charge is 2.32. The standard InChI is InChI=1S/C22H28N2O5/c1-14(12-22(2,3)29-21(24)27)19(20(23)26)16-9-10-18(17(25)11-16)28-13-15-7-5-4-6-8-15/h4-11,14,19,25H,12-13H2,1-3H3,(H2,23,26)(H2,24,27)/t14?,19-/m0/s1. The molecule has 156 valence electrons. The van der Waals surface area contributed by atoms with Crippen molar-refractivity contribution >= 4 is 12.0 Å². The average Bonchev–Trinajstić information content (AvgIpc) is 2.60. The molecule has 0 spiro atoms. The summed E-state index contributed by atoms with van der Waals surface area (Å²) in [6, 6.07) is 14.4. The van der Waals surface area contributed by atoms with E-state index >= 15 is 0 Å². The molecule has 0 fully saturated rings. The first-order valence-electron chi connectivity index (χ1n) is 9.36. The van der Waals surface area contributed by atoms with Crippen LogP contribution in [0.2, 0.25) is 0 Å². The number of amides is 2. The molecule has 2 atom stereocenters. The predicted octanol–water partition coefficient (Wildman–Crippen LogP) is 3.44. The molecule has 0 heterocycles. The first-order chi connectivity index (χ1) is 13.6. The Labute approximate surface area is 170 Å². The van der Waals surface area contributed by atoms with Gasteiger partial charge in [-0.3, -0.25) is 4.79 Å². The van der Waals surface area contributed by atoms with E-state index in [1.807, 2.05) is 37.3 Å². The van der Waals surface area contributed by atoms with E-state index in [0.29, 0.717) is 24.3 Å². The normalized spacial score (nSPS) is 13.3. The molecule has 29 heavy (non-hydrogen) atoms. The van der Waals surface area contributed by atoms with Crippen molar-refractivity contribution in [2.45, 2.75) is 45.3 Å². The number of ether oxygens (including phenoxy) is 2. The van der Waals surface area contributed by atoms with Gasteiger partial charge in [-0.05, 0) is 49.4 Å². The minimum atomic E-state index is -0.879. The Bertz CT molecular complexity index is 852. The number of phenols is 1. The summed E-state index contributed by atoms with van der Waals surface area (Å²) < 4.78 is 10.8.